The minimum absolute atomic E-state index is 0.0292. The lowest BCUT2D eigenvalue weighted by Crippen LogP contribution is -2.60. The van der Waals surface area contributed by atoms with Crippen LogP contribution in [0.4, 0.5) is 0 Å². The summed E-state index contributed by atoms with van der Waals surface area (Å²) in [5.74, 6) is 0.0387. The second-order valence-electron chi connectivity index (χ2n) is 6.75. The first-order valence-electron chi connectivity index (χ1n) is 8.37. The fourth-order valence-corrected chi connectivity index (χ4v) is 5.76. The molecule has 2 unspecified atom stereocenters. The number of aromatic hydroxyl groups is 1. The van der Waals surface area contributed by atoms with Gasteiger partial charge in [0.2, 0.25) is 0 Å². The zero-order valence-electron chi connectivity index (χ0n) is 14.1. The second kappa shape index (κ2) is 6.37. The maximum atomic E-state index is 12.9. The number of amides is 1. The van der Waals surface area contributed by atoms with Crippen LogP contribution in [0.15, 0.2) is 18.2 Å². The van der Waals surface area contributed by atoms with E-state index < -0.39 is 9.84 Å². The molecule has 24 heavy (non-hydrogen) atoms. The molecule has 2 atom stereocenters. The fraction of sp³-hybridized carbons (Fsp3) is 0.588. The van der Waals surface area contributed by atoms with Crippen LogP contribution in [0.25, 0.3) is 0 Å². The molecule has 1 N–H and O–H groups in total. The highest BCUT2D eigenvalue weighted by Gasteiger charge is 2.47. The Balaban J connectivity index is 1.88. The van der Waals surface area contributed by atoms with Gasteiger partial charge in [-0.15, -0.1) is 0 Å². The lowest BCUT2D eigenvalue weighted by Gasteiger charge is -2.44. The van der Waals surface area contributed by atoms with Gasteiger partial charge in [0.1, 0.15) is 5.75 Å². The van der Waals surface area contributed by atoms with E-state index in [-0.39, 0.29) is 35.2 Å². The Bertz CT molecular complexity index is 747. The predicted octanol–water partition coefficient (Wildman–Crippen LogP) is 1.03. The molecule has 2 aliphatic rings. The summed E-state index contributed by atoms with van der Waals surface area (Å²) in [5.41, 5.74) is 1.12. The van der Waals surface area contributed by atoms with Gasteiger partial charge in [-0.2, -0.15) is 0 Å². The third-order valence-corrected chi connectivity index (χ3v) is 6.72. The average Bonchev–Trinajstić information content (AvgIpc) is 2.85. The van der Waals surface area contributed by atoms with E-state index in [4.69, 9.17) is 0 Å². The number of aryl methyl sites for hydroxylation is 1. The molecule has 1 aromatic rings. The van der Waals surface area contributed by atoms with Crippen molar-refractivity contribution in [2.75, 3.05) is 31.1 Å². The Morgan fingerprint density at radius 1 is 1.25 bits per heavy atom. The first-order chi connectivity index (χ1) is 11.3. The van der Waals surface area contributed by atoms with E-state index in [2.05, 4.69) is 11.8 Å². The predicted molar refractivity (Wildman–Crippen MR) is 92.0 cm³/mol. The van der Waals surface area contributed by atoms with Crippen LogP contribution < -0.4 is 0 Å². The smallest absolute Gasteiger partial charge is 0.254 e. The van der Waals surface area contributed by atoms with Gasteiger partial charge < -0.3 is 10.0 Å². The van der Waals surface area contributed by atoms with Crippen LogP contribution in [0.3, 0.4) is 0 Å². The van der Waals surface area contributed by atoms with E-state index >= 15 is 0 Å². The van der Waals surface area contributed by atoms with Crippen LogP contribution in [0.5, 0.6) is 5.75 Å². The number of sulfone groups is 1. The molecule has 0 spiro atoms. The summed E-state index contributed by atoms with van der Waals surface area (Å²) in [6.45, 7) is 5.90. The number of nitrogens with zero attached hydrogens (tertiary/aromatic N) is 2. The molecule has 132 valence electrons. The molecule has 7 heteroatoms. The van der Waals surface area contributed by atoms with Crippen molar-refractivity contribution in [3.63, 3.8) is 0 Å². The molecule has 1 amide bonds. The second-order valence-corrected chi connectivity index (χ2v) is 8.90. The molecule has 2 aliphatic heterocycles. The van der Waals surface area contributed by atoms with E-state index in [0.29, 0.717) is 24.2 Å². The number of benzene rings is 1. The van der Waals surface area contributed by atoms with Gasteiger partial charge in [0.25, 0.3) is 5.91 Å². The summed E-state index contributed by atoms with van der Waals surface area (Å²) in [4.78, 5) is 16.8. The van der Waals surface area contributed by atoms with Gasteiger partial charge in [0.15, 0.2) is 9.84 Å². The van der Waals surface area contributed by atoms with Gasteiger partial charge in [0.05, 0.1) is 17.5 Å². The van der Waals surface area contributed by atoms with Gasteiger partial charge in [0, 0.05) is 24.7 Å². The number of hydrogen-bond donors (Lipinski definition) is 1. The molecule has 0 aliphatic carbocycles. The lowest BCUT2D eigenvalue weighted by atomic mass is 10.0. The van der Waals surface area contributed by atoms with Crippen LogP contribution in [0.1, 0.15) is 29.3 Å². The van der Waals surface area contributed by atoms with Crippen molar-refractivity contribution in [1.82, 2.24) is 9.80 Å². The van der Waals surface area contributed by atoms with Crippen LogP contribution in [0, 0.1) is 6.92 Å². The van der Waals surface area contributed by atoms with Crippen LogP contribution in [0.2, 0.25) is 0 Å². The topological polar surface area (TPSA) is 77.9 Å². The fourth-order valence-electron chi connectivity index (χ4n) is 3.75. The molecule has 0 aromatic heterocycles. The van der Waals surface area contributed by atoms with Crippen molar-refractivity contribution in [3.05, 3.63) is 29.3 Å². The van der Waals surface area contributed by atoms with Gasteiger partial charge in [-0.1, -0.05) is 13.0 Å². The van der Waals surface area contributed by atoms with Gasteiger partial charge in [-0.3, -0.25) is 9.69 Å². The zero-order chi connectivity index (χ0) is 17.5. The number of carbonyl (C=O) groups excluding carboxylic acids is 1. The summed E-state index contributed by atoms with van der Waals surface area (Å²) in [5, 5.41) is 9.86. The number of phenolic OH excluding ortho intramolecular Hbond substituents is 1. The highest BCUT2D eigenvalue weighted by atomic mass is 32.2. The first-order valence-corrected chi connectivity index (χ1v) is 10.2. The van der Waals surface area contributed by atoms with Crippen molar-refractivity contribution in [3.8, 4) is 5.75 Å². The molecule has 6 nitrogen and oxygen atoms in total. The molecule has 0 bridgehead atoms. The summed E-state index contributed by atoms with van der Waals surface area (Å²) in [6.07, 6.45) is 0.961. The standard InChI is InChI=1S/C17H24N2O4S/c1-3-6-18-7-8-19(15-11-24(22,23)10-14(15)18)17(21)13-5-4-12(2)16(20)9-13/h4-5,9,14-15,20H,3,6-8,10-11H2,1-2H3. The number of fused-ring (bicyclic) bond motifs is 1. The Kier molecular flexibility index (Phi) is 4.57. The average molecular weight is 352 g/mol. The van der Waals surface area contributed by atoms with Crippen molar-refractivity contribution in [2.45, 2.75) is 32.4 Å². The van der Waals surface area contributed by atoms with Crippen molar-refractivity contribution in [2.24, 2.45) is 0 Å². The number of piperazine rings is 1. The van der Waals surface area contributed by atoms with Crippen molar-refractivity contribution < 1.29 is 18.3 Å². The number of hydrogen-bond acceptors (Lipinski definition) is 5. The summed E-state index contributed by atoms with van der Waals surface area (Å²) in [7, 11) is -3.13. The normalized spacial score (nSPS) is 26.3. The lowest BCUT2D eigenvalue weighted by molar-refractivity contribution is 0.0333. The van der Waals surface area contributed by atoms with Crippen LogP contribution >= 0.6 is 0 Å². The molecular formula is C17H24N2O4S. The molecule has 2 heterocycles. The molecule has 1 aromatic carbocycles. The maximum absolute atomic E-state index is 12.9. The van der Waals surface area contributed by atoms with E-state index in [1.54, 1.807) is 24.0 Å². The quantitative estimate of drug-likeness (QED) is 0.879. The van der Waals surface area contributed by atoms with Gasteiger partial charge in [-0.25, -0.2) is 8.42 Å². The largest absolute Gasteiger partial charge is 0.508 e. The zero-order valence-corrected chi connectivity index (χ0v) is 14.9. The third-order valence-electron chi connectivity index (χ3n) is 5.02. The number of carbonyl (C=O) groups is 1. The van der Waals surface area contributed by atoms with Crippen LogP contribution in [-0.2, 0) is 9.84 Å². The highest BCUT2D eigenvalue weighted by Crippen LogP contribution is 2.29. The minimum Gasteiger partial charge on any atom is -0.508 e. The molecule has 3 rings (SSSR count). The minimum atomic E-state index is -3.13. The van der Waals surface area contributed by atoms with E-state index in [0.717, 1.165) is 13.0 Å². The number of rotatable bonds is 3. The Labute approximate surface area is 143 Å². The van der Waals surface area contributed by atoms with Crippen molar-refractivity contribution in [1.29, 1.82) is 0 Å². The Hall–Kier alpha value is -1.60. The maximum Gasteiger partial charge on any atom is 0.254 e. The Morgan fingerprint density at radius 2 is 1.96 bits per heavy atom. The van der Waals surface area contributed by atoms with E-state index in [1.807, 2.05) is 0 Å². The summed E-state index contributed by atoms with van der Waals surface area (Å²) in [6, 6.07) is 4.44. The SMILES string of the molecule is CCCN1CCN(C(=O)c2ccc(C)c(O)c2)C2CS(=O)(=O)CC21. The first kappa shape index (κ1) is 17.2. The van der Waals surface area contributed by atoms with Gasteiger partial charge in [-0.05, 0) is 37.6 Å². The van der Waals surface area contributed by atoms with Crippen LogP contribution in [-0.4, -0.2) is 72.5 Å². The Morgan fingerprint density at radius 3 is 2.62 bits per heavy atom. The summed E-state index contributed by atoms with van der Waals surface area (Å²) < 4.78 is 24.3. The van der Waals surface area contributed by atoms with Gasteiger partial charge >= 0.3 is 0 Å². The molecule has 0 saturated carbocycles. The molecular weight excluding hydrogens is 328 g/mol. The van der Waals surface area contributed by atoms with E-state index in [9.17, 15) is 18.3 Å². The molecule has 2 saturated heterocycles. The molecule has 0 radical (unpaired) electrons. The highest BCUT2D eigenvalue weighted by molar-refractivity contribution is 7.91. The van der Waals surface area contributed by atoms with Crippen molar-refractivity contribution >= 4 is 15.7 Å². The number of phenols is 1. The van der Waals surface area contributed by atoms with E-state index in [1.165, 1.54) is 6.07 Å². The summed E-state index contributed by atoms with van der Waals surface area (Å²) >= 11 is 0. The third kappa shape index (κ3) is 3.15. The monoisotopic (exact) mass is 352 g/mol. The molecule has 2 fully saturated rings.